The minimum Gasteiger partial charge on any atom is -0.375 e. The molecule has 0 fully saturated rings. The van der Waals surface area contributed by atoms with Crippen molar-refractivity contribution in [2.45, 2.75) is 44.6 Å². The molecule has 0 spiro atoms. The smallest absolute Gasteiger partial charge is 0.253 e. The van der Waals surface area contributed by atoms with Crippen LogP contribution in [0.25, 0.3) is 5.70 Å². The van der Waals surface area contributed by atoms with E-state index in [2.05, 4.69) is 40.9 Å². The van der Waals surface area contributed by atoms with Crippen LogP contribution < -0.4 is 11.6 Å². The normalized spacial score (nSPS) is 17.8. The maximum atomic E-state index is 12.7. The fourth-order valence-corrected chi connectivity index (χ4v) is 5.03. The summed E-state index contributed by atoms with van der Waals surface area (Å²) in [4.78, 5) is 16.4. The highest BCUT2D eigenvalue weighted by atomic mass is 16.2. The second-order valence-corrected chi connectivity index (χ2v) is 9.56. The van der Waals surface area contributed by atoms with Crippen LogP contribution in [-0.4, -0.2) is 55.3 Å². The van der Waals surface area contributed by atoms with Gasteiger partial charge < -0.3 is 21.4 Å². The Kier molecular flexibility index (Phi) is 7.75. The summed E-state index contributed by atoms with van der Waals surface area (Å²) in [5.74, 6) is 5.40. The quantitative estimate of drug-likeness (QED) is 0.185. The molecular weight excluding hydrogens is 438 g/mol. The fourth-order valence-electron chi connectivity index (χ4n) is 5.03. The lowest BCUT2D eigenvalue weighted by atomic mass is 9.67. The van der Waals surface area contributed by atoms with Crippen LogP contribution >= 0.6 is 0 Å². The van der Waals surface area contributed by atoms with E-state index in [4.69, 9.17) is 17.0 Å². The predicted octanol–water partition coefficient (Wildman–Crippen LogP) is 3.74. The molecule has 1 aliphatic rings. The average Bonchev–Trinajstić information content (AvgIpc) is 2.97. The number of aryl methyl sites for hydroxylation is 2. The first kappa shape index (κ1) is 26.1. The summed E-state index contributed by atoms with van der Waals surface area (Å²) in [5, 5.41) is 16.5. The molecule has 2 aromatic carbocycles. The molecular formula is C27H37N7O. The zero-order chi connectivity index (χ0) is 25.9. The van der Waals surface area contributed by atoms with Crippen LogP contribution in [0.3, 0.4) is 0 Å². The van der Waals surface area contributed by atoms with Gasteiger partial charge in [0.05, 0.1) is 5.41 Å². The number of nitrogens with zero attached hydrogens (tertiary/aromatic N) is 4. The maximum Gasteiger partial charge on any atom is 0.253 e. The molecule has 2 atom stereocenters. The van der Waals surface area contributed by atoms with Gasteiger partial charge in [0.25, 0.3) is 5.91 Å². The molecule has 0 radical (unpaired) electrons. The first-order valence-corrected chi connectivity index (χ1v) is 11.9. The van der Waals surface area contributed by atoms with E-state index in [1.165, 1.54) is 0 Å². The molecule has 2 aromatic rings. The largest absolute Gasteiger partial charge is 0.375 e. The van der Waals surface area contributed by atoms with Crippen molar-refractivity contribution in [3.05, 3.63) is 76.4 Å². The minimum absolute atomic E-state index is 0.0330. The van der Waals surface area contributed by atoms with Gasteiger partial charge in [0, 0.05) is 45.0 Å². The van der Waals surface area contributed by atoms with Gasteiger partial charge in [0.1, 0.15) is 0 Å². The minimum atomic E-state index is -0.950. The van der Waals surface area contributed by atoms with Crippen LogP contribution in [0, 0.1) is 5.41 Å². The van der Waals surface area contributed by atoms with E-state index in [1.54, 1.807) is 19.0 Å². The number of carbonyl (C=O) groups excluding carboxylic acids is 1. The summed E-state index contributed by atoms with van der Waals surface area (Å²) in [6, 6.07) is 11.7. The Bertz CT molecular complexity index is 1170. The third kappa shape index (κ3) is 4.84. The first-order valence-electron chi connectivity index (χ1n) is 11.9. The van der Waals surface area contributed by atoms with Crippen molar-refractivity contribution in [3.8, 4) is 0 Å². The topological polar surface area (TPSA) is 124 Å². The van der Waals surface area contributed by atoms with E-state index in [9.17, 15) is 4.79 Å². The Balaban J connectivity index is 2.32. The monoisotopic (exact) mass is 475 g/mol. The highest BCUT2D eigenvalue weighted by molar-refractivity contribution is 5.97. The number of amidine groups is 1. The summed E-state index contributed by atoms with van der Waals surface area (Å²) >= 11 is 0. The van der Waals surface area contributed by atoms with E-state index in [1.807, 2.05) is 38.2 Å². The lowest BCUT2D eigenvalue weighted by Crippen LogP contribution is -2.42. The van der Waals surface area contributed by atoms with Gasteiger partial charge in [0.2, 0.25) is 0 Å². The van der Waals surface area contributed by atoms with Crippen molar-refractivity contribution >= 4 is 17.4 Å². The number of hydrogen-bond donors (Lipinski definition) is 3. The van der Waals surface area contributed by atoms with E-state index in [0.717, 1.165) is 46.5 Å². The number of nitrogens with one attached hydrogen (secondary N) is 1. The molecule has 0 saturated carbocycles. The number of amides is 1. The number of fused-ring (bicyclic) bond motifs is 2. The molecule has 0 bridgehead atoms. The van der Waals surface area contributed by atoms with Crippen molar-refractivity contribution in [2.24, 2.45) is 21.9 Å². The zero-order valence-corrected chi connectivity index (χ0v) is 21.4. The molecule has 0 saturated heterocycles. The maximum absolute atomic E-state index is 12.7. The van der Waals surface area contributed by atoms with Gasteiger partial charge in [-0.25, -0.2) is 0 Å². The van der Waals surface area contributed by atoms with Crippen LogP contribution in [0.1, 0.15) is 58.4 Å². The standard InChI is InChI=1S/C27H37N7O/c1-7-34(6)18(3)19-10-12-23-20(14-19)8-9-21-15-22(25(35)33(4)5)11-13-24(21)27(23,16-17(2)28)26(29)31-32-30/h10-15,17H,3,7-9,16,28H2,1-2,4-6H3,(H3,29,30,31)/t17-,27?/m1/s1. The summed E-state index contributed by atoms with van der Waals surface area (Å²) in [6.07, 6.45) is 1.90. The third-order valence-electron chi connectivity index (χ3n) is 6.91. The average molecular weight is 476 g/mol. The van der Waals surface area contributed by atoms with Gasteiger partial charge in [-0.1, -0.05) is 30.0 Å². The van der Waals surface area contributed by atoms with Crippen molar-refractivity contribution in [2.75, 3.05) is 27.7 Å². The molecule has 0 heterocycles. The van der Waals surface area contributed by atoms with Gasteiger partial charge in [-0.05, 0) is 79.1 Å². The first-order chi connectivity index (χ1) is 16.6. The van der Waals surface area contributed by atoms with Crippen LogP contribution in [0.4, 0.5) is 0 Å². The van der Waals surface area contributed by atoms with E-state index >= 15 is 0 Å². The third-order valence-corrected chi connectivity index (χ3v) is 6.91. The molecule has 0 aromatic heterocycles. The van der Waals surface area contributed by atoms with Crippen molar-refractivity contribution < 1.29 is 4.79 Å². The Labute approximate surface area is 208 Å². The molecule has 5 N–H and O–H groups in total. The van der Waals surface area contributed by atoms with Crippen LogP contribution in [0.2, 0.25) is 0 Å². The van der Waals surface area contributed by atoms with Gasteiger partial charge in [-0.15, -0.1) is 5.11 Å². The van der Waals surface area contributed by atoms with Crippen molar-refractivity contribution in [1.29, 1.82) is 5.41 Å². The molecule has 3 rings (SSSR count). The molecule has 0 aliphatic heterocycles. The van der Waals surface area contributed by atoms with E-state index in [0.29, 0.717) is 18.4 Å². The van der Waals surface area contributed by atoms with Crippen LogP contribution in [-0.2, 0) is 18.3 Å². The van der Waals surface area contributed by atoms with E-state index < -0.39 is 5.41 Å². The second-order valence-electron chi connectivity index (χ2n) is 9.56. The zero-order valence-electron chi connectivity index (χ0n) is 21.4. The molecule has 8 heteroatoms. The van der Waals surface area contributed by atoms with E-state index in [-0.39, 0.29) is 17.8 Å². The molecule has 1 amide bonds. The summed E-state index contributed by atoms with van der Waals surface area (Å²) in [7, 11) is 5.50. The summed E-state index contributed by atoms with van der Waals surface area (Å²) in [5.41, 5.74) is 12.0. The molecule has 8 nitrogen and oxygen atoms in total. The number of benzene rings is 2. The predicted molar refractivity (Wildman–Crippen MR) is 141 cm³/mol. The highest BCUT2D eigenvalue weighted by Gasteiger charge is 2.44. The van der Waals surface area contributed by atoms with Gasteiger partial charge in [-0.2, -0.15) is 0 Å². The SMILES string of the molecule is C=C(c1ccc2c(c1)CCc1cc(C(=O)N(C)C)ccc1C2(C[C@@H](C)N)C(=N)N=NN)N(C)CC. The summed E-state index contributed by atoms with van der Waals surface area (Å²) in [6.45, 7) is 9.14. The molecule has 1 unspecified atom stereocenters. The Morgan fingerprint density at radius 1 is 1.11 bits per heavy atom. The van der Waals surface area contributed by atoms with Crippen LogP contribution in [0.5, 0.6) is 0 Å². The number of rotatable bonds is 7. The number of nitrogens with two attached hydrogens (primary N) is 2. The van der Waals surface area contributed by atoms with Crippen LogP contribution in [0.15, 0.2) is 53.3 Å². The molecule has 1 aliphatic carbocycles. The highest BCUT2D eigenvalue weighted by Crippen LogP contribution is 2.45. The summed E-state index contributed by atoms with van der Waals surface area (Å²) < 4.78 is 0. The van der Waals surface area contributed by atoms with Gasteiger partial charge >= 0.3 is 0 Å². The molecule has 35 heavy (non-hydrogen) atoms. The Morgan fingerprint density at radius 3 is 2.14 bits per heavy atom. The van der Waals surface area contributed by atoms with Gasteiger partial charge in [0.15, 0.2) is 5.84 Å². The Morgan fingerprint density at radius 2 is 1.66 bits per heavy atom. The number of carbonyl (C=O) groups is 1. The second kappa shape index (κ2) is 10.4. The molecule has 186 valence electrons. The fraction of sp³-hybridized carbons (Fsp3) is 0.407. The lowest BCUT2D eigenvalue weighted by molar-refractivity contribution is 0.0827. The van der Waals surface area contributed by atoms with Crippen molar-refractivity contribution in [1.82, 2.24) is 9.80 Å². The lowest BCUT2D eigenvalue weighted by Gasteiger charge is -2.36. The van der Waals surface area contributed by atoms with Crippen molar-refractivity contribution in [3.63, 3.8) is 0 Å². The number of hydrogen-bond acceptors (Lipinski definition) is 5. The van der Waals surface area contributed by atoms with Gasteiger partial charge in [-0.3, -0.25) is 10.2 Å². The Hall–Kier alpha value is -3.52.